The Labute approximate surface area is 163 Å². The Kier molecular flexibility index (Phi) is 9.27. The zero-order valence-electron chi connectivity index (χ0n) is 15.4. The summed E-state index contributed by atoms with van der Waals surface area (Å²) in [5.74, 6) is 0.681. The molecular formula is C17H30IN3O2S. The summed E-state index contributed by atoms with van der Waals surface area (Å²) in [6, 6.07) is 8.24. The molecule has 0 radical (unpaired) electrons. The number of sulfone groups is 1. The summed E-state index contributed by atoms with van der Waals surface area (Å²) in [6.45, 7) is 9.61. The molecule has 1 aromatic rings. The van der Waals surface area contributed by atoms with Crippen LogP contribution in [0.1, 0.15) is 44.9 Å². The van der Waals surface area contributed by atoms with E-state index in [2.05, 4.69) is 41.6 Å². The van der Waals surface area contributed by atoms with Crippen LogP contribution in [0.3, 0.4) is 0 Å². The largest absolute Gasteiger partial charge is 0.355 e. The summed E-state index contributed by atoms with van der Waals surface area (Å²) in [7, 11) is -1.46. The van der Waals surface area contributed by atoms with Crippen molar-refractivity contribution in [3.05, 3.63) is 35.4 Å². The zero-order valence-corrected chi connectivity index (χ0v) is 18.5. The summed E-state index contributed by atoms with van der Waals surface area (Å²) in [5, 5.41) is 6.37. The van der Waals surface area contributed by atoms with Crippen molar-refractivity contribution in [1.82, 2.24) is 10.6 Å². The molecule has 0 bridgehead atoms. The highest BCUT2D eigenvalue weighted by molar-refractivity contribution is 14.0. The molecule has 0 fully saturated rings. The lowest BCUT2D eigenvalue weighted by molar-refractivity contribution is 0.558. The lowest BCUT2D eigenvalue weighted by Gasteiger charge is -2.22. The number of hydrogen-bond donors (Lipinski definition) is 2. The van der Waals surface area contributed by atoms with Crippen LogP contribution in [0.4, 0.5) is 0 Å². The Hall–Kier alpha value is -0.830. The van der Waals surface area contributed by atoms with E-state index in [9.17, 15) is 8.42 Å². The van der Waals surface area contributed by atoms with Crippen molar-refractivity contribution in [2.75, 3.05) is 19.3 Å². The maximum atomic E-state index is 12.1. The summed E-state index contributed by atoms with van der Waals surface area (Å²) in [5.41, 5.74) is 2.40. The molecule has 138 valence electrons. The van der Waals surface area contributed by atoms with Gasteiger partial charge in [0.1, 0.15) is 0 Å². The van der Waals surface area contributed by atoms with Crippen molar-refractivity contribution in [1.29, 1.82) is 0 Å². The molecule has 1 atom stereocenters. The third-order valence-electron chi connectivity index (χ3n) is 3.83. The van der Waals surface area contributed by atoms with Crippen LogP contribution in [0.25, 0.3) is 0 Å². The number of rotatable bonds is 5. The van der Waals surface area contributed by atoms with Crippen LogP contribution >= 0.6 is 24.0 Å². The molecule has 1 aromatic carbocycles. The van der Waals surface area contributed by atoms with Gasteiger partial charge in [-0.3, -0.25) is 4.99 Å². The number of benzene rings is 1. The van der Waals surface area contributed by atoms with Crippen LogP contribution in [-0.4, -0.2) is 38.5 Å². The van der Waals surface area contributed by atoms with Gasteiger partial charge in [0, 0.05) is 13.6 Å². The predicted molar refractivity (Wildman–Crippen MR) is 113 cm³/mol. The van der Waals surface area contributed by atoms with Crippen molar-refractivity contribution in [2.24, 2.45) is 4.99 Å². The fraction of sp³-hybridized carbons (Fsp3) is 0.588. The maximum absolute atomic E-state index is 12.1. The standard InChI is InChI=1S/C17H29N3O2S.HI/c1-13-9-7-8-10-15(13)14(2)20-16(18-6)19-11-12-23(21,22)17(3,4)5;/h7-10,14H,11-12H2,1-6H3,(H2,18,19,20);1H. The van der Waals surface area contributed by atoms with Gasteiger partial charge < -0.3 is 10.6 Å². The fourth-order valence-corrected chi connectivity index (χ4v) is 3.14. The molecule has 7 heteroatoms. The van der Waals surface area contributed by atoms with Crippen LogP contribution < -0.4 is 10.6 Å². The van der Waals surface area contributed by atoms with Gasteiger partial charge in [-0.2, -0.15) is 0 Å². The average Bonchev–Trinajstić information content (AvgIpc) is 2.45. The Balaban J connectivity index is 0.00000529. The molecule has 0 spiro atoms. The minimum absolute atomic E-state index is 0. The number of aliphatic imine (C=N–C) groups is 1. The van der Waals surface area contributed by atoms with Crippen molar-refractivity contribution < 1.29 is 8.42 Å². The molecule has 0 aliphatic rings. The van der Waals surface area contributed by atoms with Gasteiger partial charge in [0.05, 0.1) is 16.5 Å². The fourth-order valence-electron chi connectivity index (χ4n) is 2.16. The molecule has 2 N–H and O–H groups in total. The minimum atomic E-state index is -3.13. The van der Waals surface area contributed by atoms with Crippen molar-refractivity contribution >= 4 is 39.8 Å². The van der Waals surface area contributed by atoms with Gasteiger partial charge in [-0.15, -0.1) is 24.0 Å². The van der Waals surface area contributed by atoms with Crippen LogP contribution in [0, 0.1) is 6.92 Å². The highest BCUT2D eigenvalue weighted by Gasteiger charge is 2.28. The molecule has 1 unspecified atom stereocenters. The topological polar surface area (TPSA) is 70.6 Å². The van der Waals surface area contributed by atoms with Crippen molar-refractivity contribution in [2.45, 2.75) is 45.4 Å². The third kappa shape index (κ3) is 6.58. The molecule has 0 saturated heterocycles. The molecule has 0 aliphatic heterocycles. The van der Waals surface area contributed by atoms with Gasteiger partial charge in [0.2, 0.25) is 0 Å². The normalized spacial score (nSPS) is 13.8. The Morgan fingerprint density at radius 1 is 1.25 bits per heavy atom. The van der Waals surface area contributed by atoms with Crippen LogP contribution in [0.5, 0.6) is 0 Å². The van der Waals surface area contributed by atoms with Crippen molar-refractivity contribution in [3.63, 3.8) is 0 Å². The van der Waals surface area contributed by atoms with E-state index in [4.69, 9.17) is 0 Å². The molecular weight excluding hydrogens is 437 g/mol. The van der Waals surface area contributed by atoms with Gasteiger partial charge >= 0.3 is 0 Å². The second kappa shape index (κ2) is 9.60. The smallest absolute Gasteiger partial charge is 0.191 e. The molecule has 0 aliphatic carbocycles. The van der Waals surface area contributed by atoms with Gasteiger partial charge in [-0.25, -0.2) is 8.42 Å². The first-order valence-corrected chi connectivity index (χ1v) is 9.48. The summed E-state index contributed by atoms with van der Waals surface area (Å²) in [6.07, 6.45) is 0. The van der Waals surface area contributed by atoms with E-state index < -0.39 is 14.6 Å². The molecule has 1 rings (SSSR count). The van der Waals surface area contributed by atoms with Crippen LogP contribution in [-0.2, 0) is 9.84 Å². The number of nitrogens with zero attached hydrogens (tertiary/aromatic N) is 1. The van der Waals surface area contributed by atoms with Crippen LogP contribution in [0.2, 0.25) is 0 Å². The lowest BCUT2D eigenvalue weighted by atomic mass is 10.0. The second-order valence-electron chi connectivity index (χ2n) is 6.65. The van der Waals surface area contributed by atoms with Gasteiger partial charge in [0.25, 0.3) is 0 Å². The van der Waals surface area contributed by atoms with Gasteiger partial charge in [0.15, 0.2) is 15.8 Å². The van der Waals surface area contributed by atoms with Gasteiger partial charge in [-0.1, -0.05) is 24.3 Å². The average molecular weight is 467 g/mol. The Bertz CT molecular complexity index is 652. The number of guanidine groups is 1. The summed E-state index contributed by atoms with van der Waals surface area (Å²) < 4.78 is 23.5. The molecule has 0 aromatic heterocycles. The Morgan fingerprint density at radius 2 is 1.83 bits per heavy atom. The van der Waals surface area contributed by atoms with E-state index in [1.54, 1.807) is 27.8 Å². The highest BCUT2D eigenvalue weighted by Crippen LogP contribution is 2.17. The lowest BCUT2D eigenvalue weighted by Crippen LogP contribution is -2.42. The van der Waals surface area contributed by atoms with Crippen molar-refractivity contribution in [3.8, 4) is 0 Å². The molecule has 0 saturated carbocycles. The number of halogens is 1. The SMILES string of the molecule is CN=C(NCCS(=O)(=O)C(C)(C)C)NC(C)c1ccccc1C.I. The zero-order chi connectivity index (χ0) is 17.7. The maximum Gasteiger partial charge on any atom is 0.191 e. The molecule has 24 heavy (non-hydrogen) atoms. The molecule has 0 heterocycles. The summed E-state index contributed by atoms with van der Waals surface area (Å²) in [4.78, 5) is 4.16. The molecule has 5 nitrogen and oxygen atoms in total. The van der Waals surface area contributed by atoms with E-state index in [0.29, 0.717) is 12.5 Å². The number of nitrogens with one attached hydrogen (secondary N) is 2. The van der Waals surface area contributed by atoms with Gasteiger partial charge in [-0.05, 0) is 45.7 Å². The monoisotopic (exact) mass is 467 g/mol. The van der Waals surface area contributed by atoms with E-state index in [1.807, 2.05) is 12.1 Å². The van der Waals surface area contributed by atoms with Crippen LogP contribution in [0.15, 0.2) is 29.3 Å². The van der Waals surface area contributed by atoms with E-state index >= 15 is 0 Å². The number of hydrogen-bond acceptors (Lipinski definition) is 3. The second-order valence-corrected chi connectivity index (χ2v) is 9.52. The summed E-state index contributed by atoms with van der Waals surface area (Å²) >= 11 is 0. The number of aryl methyl sites for hydroxylation is 1. The quantitative estimate of drug-likeness (QED) is 0.397. The minimum Gasteiger partial charge on any atom is -0.355 e. The Morgan fingerprint density at radius 3 is 2.33 bits per heavy atom. The highest BCUT2D eigenvalue weighted by atomic mass is 127. The molecule has 0 amide bonds. The first-order valence-electron chi connectivity index (χ1n) is 7.83. The van der Waals surface area contributed by atoms with E-state index in [-0.39, 0.29) is 35.8 Å². The predicted octanol–water partition coefficient (Wildman–Crippen LogP) is 3.05. The van der Waals surface area contributed by atoms with E-state index in [0.717, 1.165) is 0 Å². The first-order chi connectivity index (χ1) is 10.6. The van der Waals surface area contributed by atoms with E-state index in [1.165, 1.54) is 11.1 Å². The first kappa shape index (κ1) is 23.2. The third-order valence-corrected chi connectivity index (χ3v) is 6.44.